The van der Waals surface area contributed by atoms with Gasteiger partial charge in [-0.3, -0.25) is 4.79 Å². The van der Waals surface area contributed by atoms with Crippen molar-refractivity contribution in [1.29, 1.82) is 0 Å². The van der Waals surface area contributed by atoms with Crippen molar-refractivity contribution >= 4 is 16.7 Å². The summed E-state index contributed by atoms with van der Waals surface area (Å²) < 4.78 is 6.33. The summed E-state index contributed by atoms with van der Waals surface area (Å²) >= 11 is 0. The Bertz CT molecular complexity index is 1290. The highest BCUT2D eigenvalue weighted by molar-refractivity contribution is 5.98. The van der Waals surface area contributed by atoms with E-state index in [1.165, 1.54) is 0 Å². The first kappa shape index (κ1) is 24.5. The van der Waals surface area contributed by atoms with Crippen molar-refractivity contribution in [3.8, 4) is 5.75 Å². The standard InChI is InChI=1S/C31H36N2O3/c1-4-17-33(2)18-16-30(26-10-7-11-28(20-26)36-3)21-27(14-15-31(30,35)22-33)32-29(34)25-13-12-23-8-5-6-9-24(23)19-25/h4-13,19-20,27,35H,1,14-18,21-22H2,2-3H3/p+1/t27-,30-,31?,33-/m0/s1. The number of hydrogen-bond donors (Lipinski definition) is 2. The zero-order valence-electron chi connectivity index (χ0n) is 21.4. The van der Waals surface area contributed by atoms with Crippen LogP contribution >= 0.6 is 0 Å². The van der Waals surface area contributed by atoms with E-state index in [2.05, 4.69) is 37.1 Å². The van der Waals surface area contributed by atoms with Crippen molar-refractivity contribution in [3.05, 3.63) is 90.5 Å². The summed E-state index contributed by atoms with van der Waals surface area (Å²) in [4.78, 5) is 13.3. The van der Waals surface area contributed by atoms with Crippen LogP contribution in [0.25, 0.3) is 10.8 Å². The molecule has 1 aliphatic heterocycles. The molecule has 2 fully saturated rings. The van der Waals surface area contributed by atoms with E-state index in [0.29, 0.717) is 24.9 Å². The number of piperidine rings is 1. The number of rotatable bonds is 6. The van der Waals surface area contributed by atoms with Gasteiger partial charge in [0.25, 0.3) is 5.91 Å². The first-order chi connectivity index (χ1) is 17.3. The first-order valence-electron chi connectivity index (χ1n) is 12.9. The lowest BCUT2D eigenvalue weighted by Gasteiger charge is -2.59. The minimum absolute atomic E-state index is 0.0216. The molecule has 36 heavy (non-hydrogen) atoms. The molecule has 1 saturated heterocycles. The van der Waals surface area contributed by atoms with Gasteiger partial charge in [-0.25, -0.2) is 0 Å². The molecule has 5 rings (SSSR count). The Kier molecular flexibility index (Phi) is 6.39. The smallest absolute Gasteiger partial charge is 0.251 e. The summed E-state index contributed by atoms with van der Waals surface area (Å²) in [6.45, 7) is 6.40. The summed E-state index contributed by atoms with van der Waals surface area (Å²) in [5.41, 5.74) is 0.433. The Morgan fingerprint density at radius 1 is 1.14 bits per heavy atom. The number of ether oxygens (including phenoxy) is 1. The predicted molar refractivity (Wildman–Crippen MR) is 144 cm³/mol. The minimum Gasteiger partial charge on any atom is -0.497 e. The number of nitrogens with zero attached hydrogens (tertiary/aromatic N) is 1. The number of fused-ring (bicyclic) bond motifs is 2. The fourth-order valence-electron chi connectivity index (χ4n) is 6.74. The van der Waals surface area contributed by atoms with E-state index < -0.39 is 11.0 Å². The largest absolute Gasteiger partial charge is 0.497 e. The van der Waals surface area contributed by atoms with Crippen LogP contribution in [0.3, 0.4) is 0 Å². The average Bonchev–Trinajstić information content (AvgIpc) is 2.88. The number of likely N-dealkylation sites (tertiary alicyclic amines) is 1. The molecule has 3 aromatic rings. The quantitative estimate of drug-likeness (QED) is 0.388. The highest BCUT2D eigenvalue weighted by Gasteiger charge is 2.61. The van der Waals surface area contributed by atoms with Crippen molar-refractivity contribution < 1.29 is 19.1 Å². The van der Waals surface area contributed by atoms with Gasteiger partial charge >= 0.3 is 0 Å². The normalized spacial score (nSPS) is 29.8. The number of amides is 1. The number of hydrogen-bond acceptors (Lipinski definition) is 3. The van der Waals surface area contributed by atoms with Crippen molar-refractivity contribution in [3.63, 3.8) is 0 Å². The second-order valence-corrected chi connectivity index (χ2v) is 11.0. The van der Waals surface area contributed by atoms with E-state index in [9.17, 15) is 9.90 Å². The van der Waals surface area contributed by atoms with Crippen LogP contribution in [-0.2, 0) is 5.41 Å². The molecule has 1 unspecified atom stereocenters. The molecule has 2 aliphatic rings. The molecule has 1 heterocycles. The van der Waals surface area contributed by atoms with E-state index in [-0.39, 0.29) is 11.9 Å². The van der Waals surface area contributed by atoms with Crippen LogP contribution in [0, 0.1) is 0 Å². The average molecular weight is 486 g/mol. The maximum absolute atomic E-state index is 13.3. The van der Waals surface area contributed by atoms with Crippen molar-refractivity contribution in [2.24, 2.45) is 0 Å². The Morgan fingerprint density at radius 3 is 2.72 bits per heavy atom. The third kappa shape index (κ3) is 4.31. The van der Waals surface area contributed by atoms with Gasteiger partial charge in [0.05, 0.1) is 27.2 Å². The van der Waals surface area contributed by atoms with E-state index in [4.69, 9.17) is 4.74 Å². The van der Waals surface area contributed by atoms with E-state index in [1.54, 1.807) is 7.11 Å². The number of carbonyl (C=O) groups excluding carboxylic acids is 1. The van der Waals surface area contributed by atoms with Crippen LogP contribution in [-0.4, -0.2) is 60.9 Å². The summed E-state index contributed by atoms with van der Waals surface area (Å²) in [6.07, 6.45) is 4.87. The molecule has 4 atom stereocenters. The second-order valence-electron chi connectivity index (χ2n) is 11.0. The van der Waals surface area contributed by atoms with Gasteiger partial charge in [-0.2, -0.15) is 0 Å². The molecular formula is C31H37N2O3+. The number of carbonyl (C=O) groups is 1. The SMILES string of the molecule is C=CC[N@@+]1(C)CC[C@@]2(c3cccc(OC)c3)C[C@@H](NC(=O)c3ccc4ccccc4c3)CCC2(O)C1. The predicted octanol–water partition coefficient (Wildman–Crippen LogP) is 4.84. The Balaban J connectivity index is 1.45. The summed E-state index contributed by atoms with van der Waals surface area (Å²) in [7, 11) is 3.89. The van der Waals surface area contributed by atoms with Gasteiger partial charge in [-0.05, 0) is 65.9 Å². The number of methoxy groups -OCH3 is 1. The molecular weight excluding hydrogens is 448 g/mol. The molecule has 188 valence electrons. The van der Waals surface area contributed by atoms with Gasteiger partial charge in [-0.15, -0.1) is 0 Å². The number of quaternary nitrogens is 1. The fraction of sp³-hybridized carbons (Fsp3) is 0.387. The zero-order chi connectivity index (χ0) is 25.4. The van der Waals surface area contributed by atoms with Gasteiger partial charge in [0.2, 0.25) is 0 Å². The maximum Gasteiger partial charge on any atom is 0.251 e. The van der Waals surface area contributed by atoms with Gasteiger partial charge in [0, 0.05) is 23.4 Å². The van der Waals surface area contributed by atoms with E-state index in [0.717, 1.165) is 52.5 Å². The maximum atomic E-state index is 13.3. The van der Waals surface area contributed by atoms with E-state index >= 15 is 0 Å². The molecule has 1 aliphatic carbocycles. The molecule has 0 aromatic heterocycles. The monoisotopic (exact) mass is 485 g/mol. The van der Waals surface area contributed by atoms with Gasteiger partial charge < -0.3 is 19.6 Å². The van der Waals surface area contributed by atoms with Crippen molar-refractivity contribution in [2.45, 2.75) is 42.7 Å². The molecule has 3 aromatic carbocycles. The van der Waals surface area contributed by atoms with E-state index in [1.807, 2.05) is 54.6 Å². The second kappa shape index (κ2) is 9.38. The molecule has 0 spiro atoms. The lowest BCUT2D eigenvalue weighted by atomic mass is 9.55. The summed E-state index contributed by atoms with van der Waals surface area (Å²) in [6, 6.07) is 22.1. The van der Waals surface area contributed by atoms with Crippen LogP contribution in [0.1, 0.15) is 41.6 Å². The molecule has 0 bridgehead atoms. The van der Waals surface area contributed by atoms with Crippen LogP contribution in [0.2, 0.25) is 0 Å². The number of benzene rings is 3. The third-order valence-electron chi connectivity index (χ3n) is 8.65. The van der Waals surface area contributed by atoms with Crippen LogP contribution < -0.4 is 10.1 Å². The molecule has 5 nitrogen and oxygen atoms in total. The highest BCUT2D eigenvalue weighted by Crippen LogP contribution is 2.53. The summed E-state index contributed by atoms with van der Waals surface area (Å²) in [5.74, 6) is 0.737. The fourth-order valence-corrected chi connectivity index (χ4v) is 6.74. The van der Waals surface area contributed by atoms with Crippen molar-refractivity contribution in [1.82, 2.24) is 5.32 Å². The van der Waals surface area contributed by atoms with Crippen LogP contribution in [0.4, 0.5) is 0 Å². The molecule has 1 amide bonds. The van der Waals surface area contributed by atoms with Crippen molar-refractivity contribution in [2.75, 3.05) is 33.8 Å². The van der Waals surface area contributed by atoms with Gasteiger partial charge in [-0.1, -0.05) is 49.0 Å². The number of nitrogens with one attached hydrogen (secondary N) is 1. The Morgan fingerprint density at radius 2 is 1.94 bits per heavy atom. The molecule has 1 saturated carbocycles. The number of likely N-dealkylation sites (N-methyl/N-ethyl adjacent to an activating group) is 1. The lowest BCUT2D eigenvalue weighted by molar-refractivity contribution is -0.918. The van der Waals surface area contributed by atoms with Crippen LogP contribution in [0.5, 0.6) is 5.75 Å². The molecule has 5 heteroatoms. The lowest BCUT2D eigenvalue weighted by Crippen LogP contribution is -2.71. The summed E-state index contributed by atoms with van der Waals surface area (Å²) in [5, 5.41) is 17.8. The Labute approximate surface area is 214 Å². The Hall–Kier alpha value is -3.15. The van der Waals surface area contributed by atoms with Gasteiger partial charge in [0.1, 0.15) is 17.9 Å². The molecule has 0 radical (unpaired) electrons. The minimum atomic E-state index is -0.875. The number of aliphatic hydroxyl groups is 1. The first-order valence-corrected chi connectivity index (χ1v) is 12.9. The highest BCUT2D eigenvalue weighted by atomic mass is 16.5. The molecule has 2 N–H and O–H groups in total. The van der Waals surface area contributed by atoms with Crippen LogP contribution in [0.15, 0.2) is 79.4 Å². The van der Waals surface area contributed by atoms with Gasteiger partial charge in [0.15, 0.2) is 0 Å². The topological polar surface area (TPSA) is 58.6 Å². The third-order valence-corrected chi connectivity index (χ3v) is 8.65. The zero-order valence-corrected chi connectivity index (χ0v) is 21.4.